The number of sulfonamides is 1. The fourth-order valence-electron chi connectivity index (χ4n) is 2.99. The highest BCUT2D eigenvalue weighted by Crippen LogP contribution is 2.24. The van der Waals surface area contributed by atoms with Crippen molar-refractivity contribution in [1.82, 2.24) is 29.1 Å². The molecule has 0 fully saturated rings. The number of anilines is 1. The van der Waals surface area contributed by atoms with E-state index in [1.807, 2.05) is 18.4 Å². The van der Waals surface area contributed by atoms with Crippen LogP contribution in [0.1, 0.15) is 18.6 Å². The van der Waals surface area contributed by atoms with Crippen LogP contribution >= 0.6 is 0 Å². The summed E-state index contributed by atoms with van der Waals surface area (Å²) in [5.74, 6) is 2.92. The number of benzene rings is 1. The molecule has 1 N–H and O–H groups in total. The van der Waals surface area contributed by atoms with Gasteiger partial charge in [-0.2, -0.15) is 8.42 Å². The molecule has 0 atom stereocenters. The lowest BCUT2D eigenvalue weighted by Gasteiger charge is -2.09. The fourth-order valence-corrected chi connectivity index (χ4v) is 4.05. The largest absolute Gasteiger partial charge is 0.439 e. The van der Waals surface area contributed by atoms with E-state index < -0.39 is 10.0 Å². The van der Waals surface area contributed by atoms with Gasteiger partial charge in [0.25, 0.3) is 10.0 Å². The quantitative estimate of drug-likeness (QED) is 0.470. The standard InChI is InChI=1S/C20H21N7O3S/c1-4-26-12-20(24-15(26)3)31(28,29)25-16-5-7-17(8-6-16)30-19-11-18(22-13-23-19)27-10-9-21-14(27)2/h5-13,25H,4H2,1-3H3. The van der Waals surface area contributed by atoms with Crippen molar-refractivity contribution in [2.24, 2.45) is 0 Å². The molecule has 0 saturated heterocycles. The minimum absolute atomic E-state index is 0.0181. The second kappa shape index (κ2) is 8.19. The molecule has 0 aliphatic heterocycles. The fraction of sp³-hybridized carbons (Fsp3) is 0.200. The molecule has 0 aliphatic rings. The van der Waals surface area contributed by atoms with Gasteiger partial charge in [-0.1, -0.05) is 0 Å². The molecule has 1 aromatic carbocycles. The van der Waals surface area contributed by atoms with Crippen LogP contribution in [0, 0.1) is 13.8 Å². The molecule has 4 rings (SSSR count). The molecule has 31 heavy (non-hydrogen) atoms. The highest BCUT2D eigenvalue weighted by atomic mass is 32.2. The number of rotatable bonds is 7. The van der Waals surface area contributed by atoms with E-state index in [1.165, 1.54) is 12.5 Å². The summed E-state index contributed by atoms with van der Waals surface area (Å²) in [6.45, 7) is 6.21. The maximum atomic E-state index is 12.6. The van der Waals surface area contributed by atoms with Gasteiger partial charge in [-0.15, -0.1) is 0 Å². The first-order chi connectivity index (χ1) is 14.9. The maximum Gasteiger partial charge on any atom is 0.280 e. The molecule has 160 valence electrons. The Labute approximate surface area is 179 Å². The lowest BCUT2D eigenvalue weighted by atomic mass is 10.3. The zero-order chi connectivity index (χ0) is 22.0. The van der Waals surface area contributed by atoms with Gasteiger partial charge in [0.2, 0.25) is 5.88 Å². The molecule has 0 radical (unpaired) electrons. The van der Waals surface area contributed by atoms with Crippen LogP contribution in [-0.2, 0) is 16.6 Å². The van der Waals surface area contributed by atoms with Gasteiger partial charge in [-0.3, -0.25) is 9.29 Å². The monoisotopic (exact) mass is 439 g/mol. The highest BCUT2D eigenvalue weighted by molar-refractivity contribution is 7.92. The Balaban J connectivity index is 1.48. The second-order valence-corrected chi connectivity index (χ2v) is 8.33. The molecule has 0 saturated carbocycles. The molecule has 11 heteroatoms. The predicted molar refractivity (Wildman–Crippen MR) is 114 cm³/mol. The summed E-state index contributed by atoms with van der Waals surface area (Å²) in [4.78, 5) is 16.7. The van der Waals surface area contributed by atoms with Crippen molar-refractivity contribution in [2.75, 3.05) is 4.72 Å². The van der Waals surface area contributed by atoms with Gasteiger partial charge < -0.3 is 9.30 Å². The predicted octanol–water partition coefficient (Wildman–Crippen LogP) is 3.09. The highest BCUT2D eigenvalue weighted by Gasteiger charge is 2.19. The van der Waals surface area contributed by atoms with Crippen LogP contribution in [0.5, 0.6) is 11.6 Å². The van der Waals surface area contributed by atoms with E-state index in [2.05, 4.69) is 24.7 Å². The van der Waals surface area contributed by atoms with Crippen molar-refractivity contribution in [3.8, 4) is 17.4 Å². The van der Waals surface area contributed by atoms with Crippen LogP contribution in [0.25, 0.3) is 5.82 Å². The third kappa shape index (κ3) is 4.40. The summed E-state index contributed by atoms with van der Waals surface area (Å²) < 4.78 is 37.1. The lowest BCUT2D eigenvalue weighted by molar-refractivity contribution is 0.461. The molecule has 4 aromatic rings. The molecule has 3 aromatic heterocycles. The minimum atomic E-state index is -3.78. The number of imidazole rings is 2. The van der Waals surface area contributed by atoms with Crippen molar-refractivity contribution < 1.29 is 13.2 Å². The Morgan fingerprint density at radius 1 is 1.06 bits per heavy atom. The molecule has 0 spiro atoms. The van der Waals surface area contributed by atoms with Crippen LogP contribution < -0.4 is 9.46 Å². The molecule has 10 nitrogen and oxygen atoms in total. The second-order valence-electron chi connectivity index (χ2n) is 6.70. The van der Waals surface area contributed by atoms with Crippen molar-refractivity contribution in [1.29, 1.82) is 0 Å². The van der Waals surface area contributed by atoms with Crippen LogP contribution in [0.2, 0.25) is 0 Å². The van der Waals surface area contributed by atoms with Crippen LogP contribution in [0.4, 0.5) is 5.69 Å². The van der Waals surface area contributed by atoms with E-state index in [-0.39, 0.29) is 5.03 Å². The number of nitrogens with one attached hydrogen (secondary N) is 1. The average molecular weight is 440 g/mol. The summed E-state index contributed by atoms with van der Waals surface area (Å²) in [6, 6.07) is 8.21. The van der Waals surface area contributed by atoms with Crippen molar-refractivity contribution in [2.45, 2.75) is 32.3 Å². The maximum absolute atomic E-state index is 12.6. The number of hydrogen-bond donors (Lipinski definition) is 1. The summed E-state index contributed by atoms with van der Waals surface area (Å²) in [6.07, 6.45) is 6.41. The number of aromatic nitrogens is 6. The summed E-state index contributed by atoms with van der Waals surface area (Å²) in [5.41, 5.74) is 0.397. The van der Waals surface area contributed by atoms with E-state index >= 15 is 0 Å². The van der Waals surface area contributed by atoms with E-state index in [1.54, 1.807) is 54.2 Å². The first kappa shape index (κ1) is 20.5. The Bertz CT molecular complexity index is 1310. The third-order valence-corrected chi connectivity index (χ3v) is 5.85. The van der Waals surface area contributed by atoms with Gasteiger partial charge in [0.15, 0.2) is 5.03 Å². The molecule has 0 amide bonds. The Morgan fingerprint density at radius 3 is 2.48 bits per heavy atom. The molecule has 3 heterocycles. The van der Waals surface area contributed by atoms with E-state index in [9.17, 15) is 8.42 Å². The normalized spacial score (nSPS) is 11.5. The Hall–Kier alpha value is -3.73. The van der Waals surface area contributed by atoms with Crippen molar-refractivity contribution >= 4 is 15.7 Å². The zero-order valence-corrected chi connectivity index (χ0v) is 18.0. The molecular weight excluding hydrogens is 418 g/mol. The van der Waals surface area contributed by atoms with Gasteiger partial charge in [-0.05, 0) is 45.0 Å². The van der Waals surface area contributed by atoms with E-state index in [0.29, 0.717) is 35.5 Å². The number of hydrogen-bond acceptors (Lipinski definition) is 7. The van der Waals surface area contributed by atoms with Crippen LogP contribution in [0.15, 0.2) is 60.3 Å². The van der Waals surface area contributed by atoms with E-state index in [0.717, 1.165) is 5.82 Å². The first-order valence-electron chi connectivity index (χ1n) is 9.52. The lowest BCUT2D eigenvalue weighted by Crippen LogP contribution is -2.13. The molecular formula is C20H21N7O3S. The third-order valence-electron chi connectivity index (χ3n) is 4.60. The Kier molecular flexibility index (Phi) is 5.42. The van der Waals surface area contributed by atoms with Gasteiger partial charge in [0, 0.05) is 36.9 Å². The van der Waals surface area contributed by atoms with Gasteiger partial charge >= 0.3 is 0 Å². The SMILES string of the molecule is CCn1cc(S(=O)(=O)Nc2ccc(Oc3cc(-n4ccnc4C)ncn3)cc2)nc1C. The number of nitrogens with zero attached hydrogens (tertiary/aromatic N) is 6. The van der Waals surface area contributed by atoms with Crippen molar-refractivity contribution in [3.05, 3.63) is 66.9 Å². The van der Waals surface area contributed by atoms with Gasteiger partial charge in [-0.25, -0.2) is 19.9 Å². The van der Waals surface area contributed by atoms with E-state index in [4.69, 9.17) is 4.74 Å². The summed E-state index contributed by atoms with van der Waals surface area (Å²) in [5, 5.41) is -0.0181. The molecule has 0 aliphatic carbocycles. The summed E-state index contributed by atoms with van der Waals surface area (Å²) >= 11 is 0. The topological polar surface area (TPSA) is 117 Å². The molecule has 0 bridgehead atoms. The van der Waals surface area contributed by atoms with Gasteiger partial charge in [0.05, 0.1) is 0 Å². The average Bonchev–Trinajstić information content (AvgIpc) is 3.35. The number of ether oxygens (including phenoxy) is 1. The van der Waals surface area contributed by atoms with Crippen molar-refractivity contribution in [3.63, 3.8) is 0 Å². The van der Waals surface area contributed by atoms with Gasteiger partial charge in [0.1, 0.15) is 29.5 Å². The first-order valence-corrected chi connectivity index (χ1v) is 11.0. The smallest absolute Gasteiger partial charge is 0.280 e. The van der Waals surface area contributed by atoms with Crippen LogP contribution in [-0.4, -0.2) is 37.5 Å². The number of aryl methyl sites for hydroxylation is 3. The Morgan fingerprint density at radius 2 is 1.84 bits per heavy atom. The molecule has 0 unspecified atom stereocenters. The van der Waals surface area contributed by atoms with Crippen LogP contribution in [0.3, 0.4) is 0 Å². The zero-order valence-electron chi connectivity index (χ0n) is 17.2. The summed E-state index contributed by atoms with van der Waals surface area (Å²) in [7, 11) is -3.78. The minimum Gasteiger partial charge on any atom is -0.439 e.